The van der Waals surface area contributed by atoms with Crippen molar-refractivity contribution in [2.24, 2.45) is 5.92 Å². The Morgan fingerprint density at radius 3 is 2.75 bits per heavy atom. The second-order valence-electron chi connectivity index (χ2n) is 9.26. The van der Waals surface area contributed by atoms with Gasteiger partial charge >= 0.3 is 5.97 Å². The van der Waals surface area contributed by atoms with Gasteiger partial charge in [0.15, 0.2) is 5.78 Å². The molecule has 2 unspecified atom stereocenters. The van der Waals surface area contributed by atoms with Crippen LogP contribution in [0.5, 0.6) is 0 Å². The van der Waals surface area contributed by atoms with Gasteiger partial charge in [-0.05, 0) is 56.7 Å². The molecule has 7 nitrogen and oxygen atoms in total. The average Bonchev–Trinajstić information content (AvgIpc) is 3.60. The van der Waals surface area contributed by atoms with Crippen LogP contribution in [0, 0.1) is 11.7 Å². The van der Waals surface area contributed by atoms with Crippen molar-refractivity contribution >= 4 is 42.9 Å². The number of unbranched alkanes of at least 4 members (excludes halogenated alkanes) is 1. The molecule has 10 heteroatoms. The standard InChI is InChI=1S/C26H33FN4O3S.ClH/c1-2-34-24(32)9-5-6-13-31-17-20(28-29-31)15-19-16-30(14-12-23(19)35)25(26(33)18-10-11-18)21-7-3-4-8-22(21)27;/h3-4,7-8,15,17-18,23,25,35H,2,5-6,9-14,16H2,1H3;1H/b19-15+;. The van der Waals surface area contributed by atoms with Gasteiger partial charge in [-0.1, -0.05) is 23.4 Å². The number of esters is 1. The Bertz CT molecular complexity index is 1070. The molecule has 196 valence electrons. The predicted molar refractivity (Wildman–Crippen MR) is 142 cm³/mol. The third-order valence-corrected chi connectivity index (χ3v) is 7.12. The number of likely N-dealkylation sites (tertiary alicyclic amines) is 1. The quantitative estimate of drug-likeness (QED) is 0.255. The number of benzene rings is 1. The number of aromatic nitrogens is 3. The summed E-state index contributed by atoms with van der Waals surface area (Å²) in [4.78, 5) is 26.7. The SMILES string of the molecule is CCOC(=O)CCCCn1cc(/C=C2\CN(C(C(=O)C3CC3)c3ccccc3F)CCC2S)nn1.Cl. The summed E-state index contributed by atoms with van der Waals surface area (Å²) in [5.41, 5.74) is 2.22. The fourth-order valence-corrected chi connectivity index (χ4v) is 4.80. The summed E-state index contributed by atoms with van der Waals surface area (Å²) in [6.07, 6.45) is 8.33. The van der Waals surface area contributed by atoms with Gasteiger partial charge in [0.05, 0.1) is 18.8 Å². The number of hydrogen-bond donors (Lipinski definition) is 1. The molecular weight excluding hydrogens is 503 g/mol. The molecule has 1 aromatic heterocycles. The van der Waals surface area contributed by atoms with Crippen molar-refractivity contribution in [3.63, 3.8) is 0 Å². The summed E-state index contributed by atoms with van der Waals surface area (Å²) in [7, 11) is 0. The van der Waals surface area contributed by atoms with Crippen LogP contribution in [0.3, 0.4) is 0 Å². The van der Waals surface area contributed by atoms with Crippen LogP contribution < -0.4 is 0 Å². The molecule has 1 saturated carbocycles. The minimum absolute atomic E-state index is 0. The molecule has 1 aliphatic carbocycles. The zero-order valence-electron chi connectivity index (χ0n) is 20.5. The third-order valence-electron chi connectivity index (χ3n) is 6.53. The maximum Gasteiger partial charge on any atom is 0.305 e. The first-order chi connectivity index (χ1) is 17.0. The molecule has 2 aromatic rings. The number of Topliss-reactive ketones (excluding diaryl/α,β-unsaturated/α-hetero) is 1. The molecule has 0 spiro atoms. The van der Waals surface area contributed by atoms with Crippen molar-refractivity contribution in [3.05, 3.63) is 53.1 Å². The van der Waals surface area contributed by atoms with E-state index in [1.165, 1.54) is 6.07 Å². The molecule has 1 aromatic carbocycles. The Labute approximate surface area is 223 Å². The number of hydrogen-bond acceptors (Lipinski definition) is 7. The Morgan fingerprint density at radius 1 is 1.25 bits per heavy atom. The highest BCUT2D eigenvalue weighted by Crippen LogP contribution is 2.39. The number of carbonyl (C=O) groups is 2. The first-order valence-electron chi connectivity index (χ1n) is 12.4. The van der Waals surface area contributed by atoms with Gasteiger partial charge < -0.3 is 4.74 Å². The number of thiol groups is 1. The lowest BCUT2D eigenvalue weighted by atomic mass is 9.93. The second kappa shape index (κ2) is 13.4. The van der Waals surface area contributed by atoms with E-state index in [9.17, 15) is 14.0 Å². The molecule has 1 saturated heterocycles. The lowest BCUT2D eigenvalue weighted by Gasteiger charge is -2.37. The summed E-state index contributed by atoms with van der Waals surface area (Å²) < 4.78 is 21.4. The fourth-order valence-electron chi connectivity index (χ4n) is 4.53. The van der Waals surface area contributed by atoms with Crippen molar-refractivity contribution in [2.75, 3.05) is 19.7 Å². The molecule has 2 fully saturated rings. The molecule has 2 heterocycles. The third kappa shape index (κ3) is 7.40. The second-order valence-corrected chi connectivity index (χ2v) is 9.89. The van der Waals surface area contributed by atoms with Crippen molar-refractivity contribution in [3.8, 4) is 0 Å². The van der Waals surface area contributed by atoms with Crippen LogP contribution in [0.25, 0.3) is 6.08 Å². The van der Waals surface area contributed by atoms with Gasteiger partial charge in [0.1, 0.15) is 11.5 Å². The number of aryl methyl sites for hydroxylation is 1. The Hall–Kier alpha value is -2.23. The highest BCUT2D eigenvalue weighted by molar-refractivity contribution is 7.81. The van der Waals surface area contributed by atoms with Crippen LogP contribution >= 0.6 is 25.0 Å². The van der Waals surface area contributed by atoms with Crippen LogP contribution in [0.4, 0.5) is 4.39 Å². The minimum atomic E-state index is -0.581. The van der Waals surface area contributed by atoms with E-state index >= 15 is 0 Å². The Balaban J connectivity index is 0.00000361. The summed E-state index contributed by atoms with van der Waals surface area (Å²) in [5, 5.41) is 8.51. The summed E-state index contributed by atoms with van der Waals surface area (Å²) in [6.45, 7) is 4.07. The maximum absolute atomic E-state index is 14.7. The first kappa shape index (κ1) is 28.3. The highest BCUT2D eigenvalue weighted by Gasteiger charge is 2.40. The number of ketones is 1. The molecule has 2 atom stereocenters. The van der Waals surface area contributed by atoms with E-state index in [0.717, 1.165) is 43.4 Å². The summed E-state index contributed by atoms with van der Waals surface area (Å²) >= 11 is 4.77. The zero-order valence-corrected chi connectivity index (χ0v) is 22.2. The minimum Gasteiger partial charge on any atom is -0.466 e. The Kier molecular flexibility index (Phi) is 10.5. The van der Waals surface area contributed by atoms with Gasteiger partial charge in [0, 0.05) is 42.8 Å². The lowest BCUT2D eigenvalue weighted by molar-refractivity contribution is -0.143. The number of rotatable bonds is 11. The fraction of sp³-hybridized carbons (Fsp3) is 0.538. The number of carbonyl (C=O) groups excluding carboxylic acids is 2. The molecule has 4 rings (SSSR count). The highest BCUT2D eigenvalue weighted by atomic mass is 35.5. The van der Waals surface area contributed by atoms with Crippen molar-refractivity contribution in [2.45, 2.75) is 63.3 Å². The molecular formula is C26H34ClFN4O3S. The van der Waals surface area contributed by atoms with Gasteiger partial charge in [0.25, 0.3) is 0 Å². The topological polar surface area (TPSA) is 77.3 Å². The molecule has 0 bridgehead atoms. The molecule has 0 amide bonds. The van der Waals surface area contributed by atoms with E-state index < -0.39 is 6.04 Å². The number of ether oxygens (including phenoxy) is 1. The van der Waals surface area contributed by atoms with E-state index in [-0.39, 0.29) is 41.1 Å². The average molecular weight is 537 g/mol. The van der Waals surface area contributed by atoms with E-state index in [2.05, 4.69) is 15.2 Å². The monoisotopic (exact) mass is 536 g/mol. The molecule has 0 radical (unpaired) electrons. The van der Waals surface area contributed by atoms with E-state index in [4.69, 9.17) is 17.4 Å². The normalized spacial score (nSPS) is 20.1. The summed E-state index contributed by atoms with van der Waals surface area (Å²) in [6, 6.07) is 6.02. The van der Waals surface area contributed by atoms with Crippen LogP contribution in [-0.4, -0.2) is 56.6 Å². The van der Waals surface area contributed by atoms with Gasteiger partial charge in [-0.3, -0.25) is 19.2 Å². The Morgan fingerprint density at radius 2 is 2.03 bits per heavy atom. The van der Waals surface area contributed by atoms with Crippen LogP contribution in [0.1, 0.15) is 62.7 Å². The summed E-state index contributed by atoms with van der Waals surface area (Å²) in [5.74, 6) is -0.367. The van der Waals surface area contributed by atoms with Crippen molar-refractivity contribution in [1.82, 2.24) is 19.9 Å². The zero-order chi connectivity index (χ0) is 24.8. The number of halogens is 2. The largest absolute Gasteiger partial charge is 0.466 e. The molecule has 36 heavy (non-hydrogen) atoms. The van der Waals surface area contributed by atoms with Crippen LogP contribution in [-0.2, 0) is 20.9 Å². The molecule has 0 N–H and O–H groups in total. The molecule has 2 aliphatic rings. The van der Waals surface area contributed by atoms with Gasteiger partial charge in [-0.2, -0.15) is 12.6 Å². The predicted octanol–water partition coefficient (Wildman–Crippen LogP) is 4.68. The van der Waals surface area contributed by atoms with Gasteiger partial charge in [-0.25, -0.2) is 4.39 Å². The number of piperidine rings is 1. The van der Waals surface area contributed by atoms with Crippen LogP contribution in [0.15, 0.2) is 36.0 Å². The maximum atomic E-state index is 14.7. The van der Waals surface area contributed by atoms with E-state index in [1.54, 1.807) is 29.8 Å². The van der Waals surface area contributed by atoms with Crippen LogP contribution in [0.2, 0.25) is 0 Å². The van der Waals surface area contributed by atoms with E-state index in [1.807, 2.05) is 12.3 Å². The number of nitrogens with zero attached hydrogens (tertiary/aromatic N) is 4. The smallest absolute Gasteiger partial charge is 0.305 e. The van der Waals surface area contributed by atoms with Gasteiger partial charge in [0.2, 0.25) is 0 Å². The molecule has 1 aliphatic heterocycles. The van der Waals surface area contributed by atoms with Gasteiger partial charge in [-0.15, -0.1) is 17.5 Å². The first-order valence-corrected chi connectivity index (χ1v) is 12.9. The van der Waals surface area contributed by atoms with E-state index in [0.29, 0.717) is 38.2 Å². The van der Waals surface area contributed by atoms with Crippen molar-refractivity contribution in [1.29, 1.82) is 0 Å². The lowest BCUT2D eigenvalue weighted by Crippen LogP contribution is -2.42. The van der Waals surface area contributed by atoms with Crippen molar-refractivity contribution < 1.29 is 18.7 Å².